The Kier molecular flexibility index (Phi) is 5.32. The van der Waals surface area contributed by atoms with E-state index < -0.39 is 0 Å². The number of aromatic nitrogens is 2. The maximum atomic E-state index is 5.21. The molecule has 1 aromatic heterocycles. The summed E-state index contributed by atoms with van der Waals surface area (Å²) in [5.74, 6) is 1.89. The first kappa shape index (κ1) is 16.3. The molecule has 1 heterocycles. The molecule has 0 amide bonds. The summed E-state index contributed by atoms with van der Waals surface area (Å²) in [6.07, 6.45) is 7.86. The van der Waals surface area contributed by atoms with E-state index in [2.05, 4.69) is 54.0 Å². The molecule has 0 radical (unpaired) electrons. The molecular formula is C21H24N2O. The van der Waals surface area contributed by atoms with Crippen LogP contribution in [0.1, 0.15) is 37.6 Å². The second-order valence-electron chi connectivity index (χ2n) is 5.92. The van der Waals surface area contributed by atoms with E-state index in [1.54, 1.807) is 7.11 Å². The first-order valence-electron chi connectivity index (χ1n) is 8.59. The lowest BCUT2D eigenvalue weighted by atomic mass is 10.2. The minimum Gasteiger partial charge on any atom is -0.497 e. The van der Waals surface area contributed by atoms with Crippen molar-refractivity contribution in [1.82, 2.24) is 9.55 Å². The molecule has 2 aromatic carbocycles. The van der Waals surface area contributed by atoms with Crippen LogP contribution in [0.5, 0.6) is 5.75 Å². The van der Waals surface area contributed by atoms with Crippen LogP contribution in [0.15, 0.2) is 48.5 Å². The highest BCUT2D eigenvalue weighted by atomic mass is 16.5. The molecule has 0 aliphatic rings. The van der Waals surface area contributed by atoms with Crippen molar-refractivity contribution < 1.29 is 4.74 Å². The topological polar surface area (TPSA) is 27.1 Å². The van der Waals surface area contributed by atoms with Crippen molar-refractivity contribution in [2.24, 2.45) is 0 Å². The number of imidazole rings is 1. The summed E-state index contributed by atoms with van der Waals surface area (Å²) in [5.41, 5.74) is 3.41. The zero-order valence-electron chi connectivity index (χ0n) is 14.4. The molecule has 0 aliphatic carbocycles. The number of fused-ring (bicyclic) bond motifs is 1. The Hall–Kier alpha value is -2.55. The average molecular weight is 320 g/mol. The van der Waals surface area contributed by atoms with Crippen molar-refractivity contribution in [2.45, 2.75) is 32.7 Å². The fourth-order valence-electron chi connectivity index (χ4n) is 2.86. The summed E-state index contributed by atoms with van der Waals surface area (Å²) in [4.78, 5) is 4.79. The molecule has 3 rings (SSSR count). The molecular weight excluding hydrogens is 296 g/mol. The first-order chi connectivity index (χ1) is 11.8. The number of rotatable bonds is 7. The van der Waals surface area contributed by atoms with Gasteiger partial charge in [-0.05, 0) is 42.3 Å². The lowest BCUT2D eigenvalue weighted by Gasteiger charge is -2.06. The van der Waals surface area contributed by atoms with Crippen molar-refractivity contribution in [3.8, 4) is 5.75 Å². The van der Waals surface area contributed by atoms with Crippen molar-refractivity contribution in [2.75, 3.05) is 7.11 Å². The van der Waals surface area contributed by atoms with Gasteiger partial charge in [-0.2, -0.15) is 0 Å². The number of ether oxygens (including phenoxy) is 1. The van der Waals surface area contributed by atoms with Crippen LogP contribution in [0.25, 0.3) is 23.2 Å². The Bertz CT molecular complexity index is 815. The van der Waals surface area contributed by atoms with E-state index in [-0.39, 0.29) is 0 Å². The molecule has 0 unspecified atom stereocenters. The van der Waals surface area contributed by atoms with Gasteiger partial charge < -0.3 is 9.30 Å². The molecule has 0 saturated heterocycles. The number of benzene rings is 2. The van der Waals surface area contributed by atoms with Crippen LogP contribution in [-0.4, -0.2) is 16.7 Å². The lowest BCUT2D eigenvalue weighted by Crippen LogP contribution is -2.00. The Morgan fingerprint density at radius 1 is 1.00 bits per heavy atom. The summed E-state index contributed by atoms with van der Waals surface area (Å²) in [6.45, 7) is 3.24. The molecule has 0 saturated carbocycles. The summed E-state index contributed by atoms with van der Waals surface area (Å²) < 4.78 is 7.53. The lowest BCUT2D eigenvalue weighted by molar-refractivity contribution is 0.415. The van der Waals surface area contributed by atoms with Gasteiger partial charge in [0.25, 0.3) is 0 Å². The predicted molar refractivity (Wildman–Crippen MR) is 101 cm³/mol. The van der Waals surface area contributed by atoms with Gasteiger partial charge >= 0.3 is 0 Å². The van der Waals surface area contributed by atoms with Crippen LogP contribution in [-0.2, 0) is 6.54 Å². The van der Waals surface area contributed by atoms with E-state index in [0.717, 1.165) is 29.2 Å². The largest absolute Gasteiger partial charge is 0.497 e. The standard InChI is InChI=1S/C21H24N2O/c1-3-4-7-16-23-20-9-6-5-8-19(20)22-21(23)15-12-17-10-13-18(24-2)14-11-17/h5-6,8-15H,3-4,7,16H2,1-2H3. The van der Waals surface area contributed by atoms with Crippen LogP contribution < -0.4 is 4.74 Å². The second kappa shape index (κ2) is 7.82. The minimum absolute atomic E-state index is 0.874. The molecule has 0 bridgehead atoms. The quantitative estimate of drug-likeness (QED) is 0.545. The van der Waals surface area contributed by atoms with Crippen LogP contribution in [0.2, 0.25) is 0 Å². The van der Waals surface area contributed by atoms with Gasteiger partial charge in [0.05, 0.1) is 18.1 Å². The number of unbranched alkanes of at least 4 members (excludes halogenated alkanes) is 2. The maximum Gasteiger partial charge on any atom is 0.133 e. The van der Waals surface area contributed by atoms with Crippen molar-refractivity contribution in [3.63, 3.8) is 0 Å². The highest BCUT2D eigenvalue weighted by molar-refractivity contribution is 5.79. The number of aryl methyl sites for hydroxylation is 1. The Labute approximate surface area is 143 Å². The monoisotopic (exact) mass is 320 g/mol. The number of para-hydroxylation sites is 2. The number of hydrogen-bond donors (Lipinski definition) is 0. The van der Waals surface area contributed by atoms with E-state index in [1.807, 2.05) is 18.2 Å². The molecule has 24 heavy (non-hydrogen) atoms. The van der Waals surface area contributed by atoms with Gasteiger partial charge in [-0.15, -0.1) is 0 Å². The third kappa shape index (κ3) is 3.67. The van der Waals surface area contributed by atoms with Gasteiger partial charge in [0.15, 0.2) is 0 Å². The summed E-state index contributed by atoms with van der Waals surface area (Å²) >= 11 is 0. The van der Waals surface area contributed by atoms with E-state index >= 15 is 0 Å². The van der Waals surface area contributed by atoms with Crippen LogP contribution in [0, 0.1) is 0 Å². The normalized spacial score (nSPS) is 11.4. The fourth-order valence-corrected chi connectivity index (χ4v) is 2.86. The molecule has 3 aromatic rings. The highest BCUT2D eigenvalue weighted by Crippen LogP contribution is 2.20. The number of methoxy groups -OCH3 is 1. The molecule has 0 N–H and O–H groups in total. The Morgan fingerprint density at radius 2 is 1.79 bits per heavy atom. The summed E-state index contributed by atoms with van der Waals surface area (Å²) in [6, 6.07) is 16.4. The first-order valence-corrected chi connectivity index (χ1v) is 8.59. The Balaban J connectivity index is 1.89. The third-order valence-electron chi connectivity index (χ3n) is 4.21. The molecule has 0 aliphatic heterocycles. The summed E-state index contributed by atoms with van der Waals surface area (Å²) in [5, 5.41) is 0. The molecule has 124 valence electrons. The molecule has 3 nitrogen and oxygen atoms in total. The van der Waals surface area contributed by atoms with Gasteiger partial charge in [-0.1, -0.05) is 50.1 Å². The van der Waals surface area contributed by atoms with Gasteiger partial charge in [0.1, 0.15) is 11.6 Å². The highest BCUT2D eigenvalue weighted by Gasteiger charge is 2.07. The molecule has 0 atom stereocenters. The van der Waals surface area contributed by atoms with E-state index in [9.17, 15) is 0 Å². The Morgan fingerprint density at radius 3 is 2.54 bits per heavy atom. The van der Waals surface area contributed by atoms with Crippen LogP contribution in [0.3, 0.4) is 0 Å². The fraction of sp³-hybridized carbons (Fsp3) is 0.286. The average Bonchev–Trinajstić information content (AvgIpc) is 2.98. The molecule has 3 heteroatoms. The van der Waals surface area contributed by atoms with Crippen LogP contribution in [0.4, 0.5) is 0 Å². The van der Waals surface area contributed by atoms with Gasteiger partial charge in [0.2, 0.25) is 0 Å². The molecule has 0 spiro atoms. The van der Waals surface area contributed by atoms with Gasteiger partial charge in [-0.3, -0.25) is 0 Å². The number of nitrogens with zero attached hydrogens (tertiary/aromatic N) is 2. The predicted octanol–water partition coefficient (Wildman–Crippen LogP) is 5.41. The van der Waals surface area contributed by atoms with E-state index in [4.69, 9.17) is 9.72 Å². The van der Waals surface area contributed by atoms with Crippen molar-refractivity contribution >= 4 is 23.2 Å². The summed E-state index contributed by atoms with van der Waals surface area (Å²) in [7, 11) is 1.68. The van der Waals surface area contributed by atoms with Gasteiger partial charge in [-0.25, -0.2) is 4.98 Å². The zero-order valence-corrected chi connectivity index (χ0v) is 14.4. The number of hydrogen-bond acceptors (Lipinski definition) is 2. The zero-order chi connectivity index (χ0) is 16.8. The van der Waals surface area contributed by atoms with Gasteiger partial charge in [0, 0.05) is 6.54 Å². The van der Waals surface area contributed by atoms with Crippen molar-refractivity contribution in [1.29, 1.82) is 0 Å². The van der Waals surface area contributed by atoms with Crippen LogP contribution >= 0.6 is 0 Å². The third-order valence-corrected chi connectivity index (χ3v) is 4.21. The molecule has 0 fully saturated rings. The smallest absolute Gasteiger partial charge is 0.133 e. The van der Waals surface area contributed by atoms with E-state index in [0.29, 0.717) is 0 Å². The second-order valence-corrected chi connectivity index (χ2v) is 5.92. The minimum atomic E-state index is 0.874. The SMILES string of the molecule is CCCCCn1c(C=Cc2ccc(OC)cc2)nc2ccccc21. The maximum absolute atomic E-state index is 5.21. The van der Waals surface area contributed by atoms with Crippen molar-refractivity contribution in [3.05, 3.63) is 59.9 Å². The van der Waals surface area contributed by atoms with E-state index in [1.165, 1.54) is 24.8 Å².